The Labute approximate surface area is 80.6 Å². The zero-order valence-corrected chi connectivity index (χ0v) is 8.60. The van der Waals surface area contributed by atoms with E-state index in [1.165, 1.54) is 0 Å². The third-order valence-electron chi connectivity index (χ3n) is 1.78. The first kappa shape index (κ1) is 12.2. The molecule has 1 amide bonds. The van der Waals surface area contributed by atoms with Gasteiger partial charge in [-0.25, -0.2) is 0 Å². The fraction of sp³-hybridized carbons (Fsp3) is 0.700. The lowest BCUT2D eigenvalue weighted by Gasteiger charge is -2.11. The van der Waals surface area contributed by atoms with Crippen molar-refractivity contribution in [2.24, 2.45) is 5.92 Å². The van der Waals surface area contributed by atoms with Crippen LogP contribution >= 0.6 is 0 Å². The fourth-order valence-corrected chi connectivity index (χ4v) is 1.03. The van der Waals surface area contributed by atoms with Gasteiger partial charge in [-0.1, -0.05) is 13.0 Å². The Morgan fingerprint density at radius 2 is 2.23 bits per heavy atom. The highest BCUT2D eigenvalue weighted by atomic mass is 16.1. The summed E-state index contributed by atoms with van der Waals surface area (Å²) in [7, 11) is 1.91. The third-order valence-corrected chi connectivity index (χ3v) is 1.78. The molecule has 0 spiro atoms. The molecule has 76 valence electrons. The molecule has 1 unspecified atom stereocenters. The van der Waals surface area contributed by atoms with Crippen molar-refractivity contribution in [3.8, 4) is 0 Å². The van der Waals surface area contributed by atoms with Crippen LogP contribution in [-0.2, 0) is 4.79 Å². The van der Waals surface area contributed by atoms with E-state index in [2.05, 4.69) is 24.1 Å². The number of amides is 1. The molecule has 3 heteroatoms. The molecule has 0 aromatic rings. The highest BCUT2D eigenvalue weighted by molar-refractivity contribution is 5.75. The summed E-state index contributed by atoms with van der Waals surface area (Å²) in [6.45, 7) is 7.35. The fourth-order valence-electron chi connectivity index (χ4n) is 1.03. The van der Waals surface area contributed by atoms with Crippen LogP contribution in [0.15, 0.2) is 12.7 Å². The molecule has 0 aromatic heterocycles. The Kier molecular flexibility index (Phi) is 7.30. The molecular formula is C10H20N2O. The number of hydrogen-bond donors (Lipinski definition) is 2. The summed E-state index contributed by atoms with van der Waals surface area (Å²) in [5.74, 6) is 0.598. The molecule has 0 radical (unpaired) electrons. The van der Waals surface area contributed by atoms with E-state index < -0.39 is 0 Å². The quantitative estimate of drug-likeness (QED) is 0.578. The van der Waals surface area contributed by atoms with Crippen LogP contribution in [-0.4, -0.2) is 26.0 Å². The largest absolute Gasteiger partial charge is 0.356 e. The predicted molar refractivity (Wildman–Crippen MR) is 55.5 cm³/mol. The summed E-state index contributed by atoms with van der Waals surface area (Å²) in [4.78, 5) is 11.1. The molecule has 0 fully saturated rings. The highest BCUT2D eigenvalue weighted by Gasteiger charge is 2.03. The van der Waals surface area contributed by atoms with E-state index in [0.29, 0.717) is 12.3 Å². The van der Waals surface area contributed by atoms with Crippen LogP contribution in [0.2, 0.25) is 0 Å². The second-order valence-corrected chi connectivity index (χ2v) is 3.29. The van der Waals surface area contributed by atoms with Gasteiger partial charge in [0.05, 0.1) is 0 Å². The summed E-state index contributed by atoms with van der Waals surface area (Å²) in [6, 6.07) is 0. The second kappa shape index (κ2) is 7.80. The number of nitrogens with one attached hydrogen (secondary N) is 2. The van der Waals surface area contributed by atoms with Crippen LogP contribution in [0, 0.1) is 5.92 Å². The van der Waals surface area contributed by atoms with Crippen molar-refractivity contribution in [2.45, 2.75) is 19.8 Å². The maximum atomic E-state index is 11.1. The van der Waals surface area contributed by atoms with Gasteiger partial charge in [0, 0.05) is 13.0 Å². The lowest BCUT2D eigenvalue weighted by Crippen LogP contribution is -2.31. The van der Waals surface area contributed by atoms with Crippen LogP contribution in [0.3, 0.4) is 0 Å². The maximum Gasteiger partial charge on any atom is 0.220 e. The molecule has 1 atom stereocenters. The molecule has 0 saturated heterocycles. The van der Waals surface area contributed by atoms with Gasteiger partial charge in [-0.2, -0.15) is 0 Å². The first-order valence-corrected chi connectivity index (χ1v) is 4.73. The van der Waals surface area contributed by atoms with Crippen LogP contribution < -0.4 is 10.6 Å². The molecule has 13 heavy (non-hydrogen) atoms. The molecule has 0 aliphatic heterocycles. The van der Waals surface area contributed by atoms with Crippen LogP contribution in [0.25, 0.3) is 0 Å². The van der Waals surface area contributed by atoms with Crippen molar-refractivity contribution >= 4 is 5.91 Å². The van der Waals surface area contributed by atoms with E-state index in [1.807, 2.05) is 7.05 Å². The first-order valence-electron chi connectivity index (χ1n) is 4.73. The normalized spacial score (nSPS) is 12.2. The SMILES string of the molecule is C=CCCC(=O)NCC(C)CNC. The van der Waals surface area contributed by atoms with Gasteiger partial charge in [-0.3, -0.25) is 4.79 Å². The minimum atomic E-state index is 0.114. The smallest absolute Gasteiger partial charge is 0.220 e. The molecule has 0 bridgehead atoms. The minimum absolute atomic E-state index is 0.114. The van der Waals surface area contributed by atoms with E-state index >= 15 is 0 Å². The van der Waals surface area contributed by atoms with E-state index in [0.717, 1.165) is 19.5 Å². The molecule has 2 N–H and O–H groups in total. The summed E-state index contributed by atoms with van der Waals surface area (Å²) in [5.41, 5.74) is 0. The monoisotopic (exact) mass is 184 g/mol. The topological polar surface area (TPSA) is 41.1 Å². The molecule has 3 nitrogen and oxygen atoms in total. The highest BCUT2D eigenvalue weighted by Crippen LogP contribution is 1.92. The number of rotatable bonds is 7. The van der Waals surface area contributed by atoms with Crippen molar-refractivity contribution < 1.29 is 4.79 Å². The number of carbonyl (C=O) groups is 1. The van der Waals surface area contributed by atoms with E-state index in [4.69, 9.17) is 0 Å². The Hall–Kier alpha value is -0.830. The van der Waals surface area contributed by atoms with Gasteiger partial charge in [0.25, 0.3) is 0 Å². The standard InChI is InChI=1S/C10H20N2O/c1-4-5-6-10(13)12-8-9(2)7-11-3/h4,9,11H,1,5-8H2,2-3H3,(H,12,13). The van der Waals surface area contributed by atoms with Gasteiger partial charge in [0.15, 0.2) is 0 Å². The third kappa shape index (κ3) is 7.53. The Morgan fingerprint density at radius 1 is 1.54 bits per heavy atom. The van der Waals surface area contributed by atoms with Gasteiger partial charge >= 0.3 is 0 Å². The first-order chi connectivity index (χ1) is 6.20. The summed E-state index contributed by atoms with van der Waals surface area (Å²) in [6.07, 6.45) is 3.07. The Balaban J connectivity index is 3.39. The van der Waals surface area contributed by atoms with Crippen molar-refractivity contribution in [3.63, 3.8) is 0 Å². The van der Waals surface area contributed by atoms with Crippen molar-refractivity contribution in [3.05, 3.63) is 12.7 Å². The average molecular weight is 184 g/mol. The molecule has 0 heterocycles. The van der Waals surface area contributed by atoms with Gasteiger partial charge in [0.2, 0.25) is 5.91 Å². The molecule has 0 rings (SSSR count). The Bertz CT molecular complexity index is 157. The molecular weight excluding hydrogens is 164 g/mol. The maximum absolute atomic E-state index is 11.1. The van der Waals surface area contributed by atoms with Crippen LogP contribution in [0.1, 0.15) is 19.8 Å². The summed E-state index contributed by atoms with van der Waals surface area (Å²) in [5, 5.41) is 5.94. The van der Waals surface area contributed by atoms with E-state index in [-0.39, 0.29) is 5.91 Å². The Morgan fingerprint density at radius 3 is 2.77 bits per heavy atom. The second-order valence-electron chi connectivity index (χ2n) is 3.29. The predicted octanol–water partition coefficient (Wildman–Crippen LogP) is 0.924. The van der Waals surface area contributed by atoms with Crippen molar-refractivity contribution in [1.82, 2.24) is 10.6 Å². The van der Waals surface area contributed by atoms with Crippen molar-refractivity contribution in [2.75, 3.05) is 20.1 Å². The zero-order valence-electron chi connectivity index (χ0n) is 8.60. The van der Waals surface area contributed by atoms with Crippen LogP contribution in [0.5, 0.6) is 0 Å². The lowest BCUT2D eigenvalue weighted by molar-refractivity contribution is -0.121. The molecule has 0 aromatic carbocycles. The molecule has 0 aliphatic carbocycles. The lowest BCUT2D eigenvalue weighted by atomic mass is 10.2. The minimum Gasteiger partial charge on any atom is -0.356 e. The van der Waals surface area contributed by atoms with Crippen LogP contribution in [0.4, 0.5) is 0 Å². The van der Waals surface area contributed by atoms with Gasteiger partial charge < -0.3 is 10.6 Å². The number of hydrogen-bond acceptors (Lipinski definition) is 2. The summed E-state index contributed by atoms with van der Waals surface area (Å²) < 4.78 is 0. The van der Waals surface area contributed by atoms with Gasteiger partial charge in [0.1, 0.15) is 0 Å². The molecule has 0 aliphatic rings. The zero-order chi connectivity index (χ0) is 10.1. The van der Waals surface area contributed by atoms with Gasteiger partial charge in [-0.05, 0) is 25.9 Å². The number of allylic oxidation sites excluding steroid dienone is 1. The van der Waals surface area contributed by atoms with E-state index in [1.54, 1.807) is 6.08 Å². The van der Waals surface area contributed by atoms with Crippen molar-refractivity contribution in [1.29, 1.82) is 0 Å². The average Bonchev–Trinajstić information content (AvgIpc) is 2.12. The summed E-state index contributed by atoms with van der Waals surface area (Å²) >= 11 is 0. The van der Waals surface area contributed by atoms with Gasteiger partial charge in [-0.15, -0.1) is 6.58 Å². The van der Waals surface area contributed by atoms with E-state index in [9.17, 15) is 4.79 Å². The number of carbonyl (C=O) groups excluding carboxylic acids is 1. The molecule has 0 saturated carbocycles.